The smallest absolute Gasteiger partial charge is 0.160 e. The van der Waals surface area contributed by atoms with Gasteiger partial charge in [-0.15, -0.1) is 0 Å². The molecular weight excluding hydrogens is 300 g/mol. The molecule has 0 spiro atoms. The van der Waals surface area contributed by atoms with Gasteiger partial charge in [-0.1, -0.05) is 26.7 Å². The average Bonchev–Trinajstić information content (AvgIpc) is 3.09. The van der Waals surface area contributed by atoms with E-state index in [0.29, 0.717) is 15.9 Å². The van der Waals surface area contributed by atoms with E-state index in [1.165, 1.54) is 12.8 Å². The minimum atomic E-state index is -0.870. The first-order valence-corrected chi connectivity index (χ1v) is 6.92. The van der Waals surface area contributed by atoms with Crippen LogP contribution in [0.3, 0.4) is 0 Å². The van der Waals surface area contributed by atoms with Crippen LogP contribution < -0.4 is 0 Å². The van der Waals surface area contributed by atoms with Gasteiger partial charge in [0.25, 0.3) is 0 Å². The number of aryl methyl sites for hydroxylation is 1. The summed E-state index contributed by atoms with van der Waals surface area (Å²) in [5, 5.41) is 0. The van der Waals surface area contributed by atoms with Crippen LogP contribution in [0.25, 0.3) is 0 Å². The highest BCUT2D eigenvalue weighted by Gasteiger charge is 2.12. The van der Waals surface area contributed by atoms with Crippen molar-refractivity contribution in [1.29, 1.82) is 0 Å². The summed E-state index contributed by atoms with van der Waals surface area (Å²) < 4.78 is 26.3. The lowest BCUT2D eigenvalue weighted by molar-refractivity contribution is 0.508. The van der Waals surface area contributed by atoms with Crippen molar-refractivity contribution >= 4 is 26.2 Å². The zero-order chi connectivity index (χ0) is 13.7. The molecule has 0 aliphatic heterocycles. The lowest BCUT2D eigenvalue weighted by atomic mass is 10.2. The molecule has 100 valence electrons. The van der Waals surface area contributed by atoms with Crippen molar-refractivity contribution in [2.75, 3.05) is 0 Å². The predicted molar refractivity (Wildman–Crippen MR) is 75.8 cm³/mol. The van der Waals surface area contributed by atoms with Gasteiger partial charge in [0.2, 0.25) is 0 Å². The summed E-state index contributed by atoms with van der Waals surface area (Å²) in [7, 11) is 0. The van der Waals surface area contributed by atoms with Gasteiger partial charge in [0.15, 0.2) is 11.6 Å². The van der Waals surface area contributed by atoms with Crippen LogP contribution in [0.4, 0.5) is 14.5 Å². The fourth-order valence-electron chi connectivity index (χ4n) is 1.13. The van der Waals surface area contributed by atoms with E-state index in [4.69, 9.17) is 0 Å². The van der Waals surface area contributed by atoms with Crippen molar-refractivity contribution < 1.29 is 8.78 Å². The standard InChI is InChI=1S/C10H10BrF2N.C4H8/c1-3-10(11)14-9-5-8(13)7(12)4-6(9)2;1-4-2-3-4/h4-5H,3H2,1-2H3;4H,2-3H2,1H3. The van der Waals surface area contributed by atoms with Gasteiger partial charge in [0, 0.05) is 6.07 Å². The Morgan fingerprint density at radius 2 is 1.83 bits per heavy atom. The summed E-state index contributed by atoms with van der Waals surface area (Å²) in [5.41, 5.74) is 1.08. The molecule has 1 aromatic carbocycles. The molecule has 0 amide bonds. The molecule has 1 aromatic rings. The second-order valence-corrected chi connectivity index (χ2v) is 5.49. The van der Waals surface area contributed by atoms with E-state index >= 15 is 0 Å². The first-order valence-electron chi connectivity index (χ1n) is 6.12. The van der Waals surface area contributed by atoms with Gasteiger partial charge in [-0.3, -0.25) is 0 Å². The summed E-state index contributed by atoms with van der Waals surface area (Å²) in [6.07, 6.45) is 3.69. The number of hydrogen-bond acceptors (Lipinski definition) is 1. The molecule has 0 aromatic heterocycles. The van der Waals surface area contributed by atoms with Gasteiger partial charge in [0.1, 0.15) is 0 Å². The maximum absolute atomic E-state index is 12.9. The number of benzene rings is 1. The van der Waals surface area contributed by atoms with Crippen LogP contribution in [-0.2, 0) is 0 Å². The third-order valence-electron chi connectivity index (χ3n) is 2.64. The van der Waals surface area contributed by atoms with Crippen molar-refractivity contribution in [2.45, 2.75) is 40.0 Å². The molecule has 0 atom stereocenters. The molecule has 0 saturated heterocycles. The monoisotopic (exact) mass is 317 g/mol. The number of halogens is 3. The Balaban J connectivity index is 0.000000341. The van der Waals surface area contributed by atoms with Crippen molar-refractivity contribution in [3.05, 3.63) is 29.3 Å². The van der Waals surface area contributed by atoms with E-state index in [0.717, 1.165) is 24.5 Å². The van der Waals surface area contributed by atoms with Gasteiger partial charge >= 0.3 is 0 Å². The lowest BCUT2D eigenvalue weighted by Gasteiger charge is -2.02. The van der Waals surface area contributed by atoms with Crippen LogP contribution in [0, 0.1) is 24.5 Å². The van der Waals surface area contributed by atoms with E-state index < -0.39 is 11.6 Å². The van der Waals surface area contributed by atoms with Gasteiger partial charge < -0.3 is 0 Å². The molecule has 0 radical (unpaired) electrons. The normalized spacial score (nSPS) is 15.1. The summed E-state index contributed by atoms with van der Waals surface area (Å²) in [4.78, 5) is 4.11. The van der Waals surface area contributed by atoms with Crippen molar-refractivity contribution in [1.82, 2.24) is 0 Å². The molecule has 1 fully saturated rings. The summed E-state index contributed by atoms with van der Waals surface area (Å²) in [6, 6.07) is 2.24. The van der Waals surface area contributed by atoms with E-state index in [9.17, 15) is 8.78 Å². The van der Waals surface area contributed by atoms with Crippen molar-refractivity contribution in [3.8, 4) is 0 Å². The third-order valence-corrected chi connectivity index (χ3v) is 3.38. The fourth-order valence-corrected chi connectivity index (χ4v) is 1.32. The molecule has 1 saturated carbocycles. The molecule has 1 aliphatic rings. The van der Waals surface area contributed by atoms with Crippen LogP contribution in [0.2, 0.25) is 0 Å². The Kier molecular flexibility index (Phi) is 5.93. The maximum atomic E-state index is 12.9. The molecule has 0 unspecified atom stereocenters. The van der Waals surface area contributed by atoms with Gasteiger partial charge in [-0.25, -0.2) is 13.8 Å². The first-order chi connectivity index (χ1) is 8.43. The fraction of sp³-hybridized carbons (Fsp3) is 0.500. The Labute approximate surface area is 115 Å². The van der Waals surface area contributed by atoms with Crippen LogP contribution in [-0.4, -0.2) is 4.62 Å². The number of nitrogens with zero attached hydrogens (tertiary/aromatic N) is 1. The van der Waals surface area contributed by atoms with Gasteiger partial charge in [0.05, 0.1) is 10.3 Å². The first kappa shape index (κ1) is 15.3. The molecule has 2 rings (SSSR count). The lowest BCUT2D eigenvalue weighted by Crippen LogP contribution is -1.88. The highest BCUT2D eigenvalue weighted by Crippen LogP contribution is 2.26. The van der Waals surface area contributed by atoms with Crippen molar-refractivity contribution in [2.24, 2.45) is 10.9 Å². The molecule has 0 heterocycles. The van der Waals surface area contributed by atoms with Crippen LogP contribution in [0.5, 0.6) is 0 Å². The minimum Gasteiger partial charge on any atom is -0.246 e. The van der Waals surface area contributed by atoms with Gasteiger partial charge in [-0.2, -0.15) is 0 Å². The molecular formula is C14H18BrF2N. The average molecular weight is 318 g/mol. The maximum Gasteiger partial charge on any atom is 0.160 e. The van der Waals surface area contributed by atoms with E-state index in [2.05, 4.69) is 27.8 Å². The second kappa shape index (κ2) is 6.98. The van der Waals surface area contributed by atoms with Crippen molar-refractivity contribution in [3.63, 3.8) is 0 Å². The Morgan fingerprint density at radius 1 is 1.33 bits per heavy atom. The third kappa shape index (κ3) is 5.25. The Bertz CT molecular complexity index is 440. The van der Waals surface area contributed by atoms with Crippen LogP contribution in [0.1, 0.15) is 38.7 Å². The molecule has 4 heteroatoms. The zero-order valence-electron chi connectivity index (χ0n) is 10.9. The summed E-state index contributed by atoms with van der Waals surface area (Å²) in [5.74, 6) is -0.625. The second-order valence-electron chi connectivity index (χ2n) is 4.58. The minimum absolute atomic E-state index is 0.456. The molecule has 0 N–H and O–H groups in total. The Morgan fingerprint density at radius 3 is 2.28 bits per heavy atom. The number of rotatable bonds is 2. The highest BCUT2D eigenvalue weighted by molar-refractivity contribution is 9.18. The molecule has 1 aliphatic carbocycles. The van der Waals surface area contributed by atoms with Crippen LogP contribution >= 0.6 is 15.9 Å². The quantitative estimate of drug-likeness (QED) is 0.636. The summed E-state index contributed by atoms with van der Waals surface area (Å²) >= 11 is 3.22. The largest absolute Gasteiger partial charge is 0.246 e. The molecule has 18 heavy (non-hydrogen) atoms. The molecule has 1 nitrogen and oxygen atoms in total. The predicted octanol–water partition coefficient (Wildman–Crippen LogP) is 5.52. The van der Waals surface area contributed by atoms with E-state index in [1.807, 2.05) is 6.92 Å². The zero-order valence-corrected chi connectivity index (χ0v) is 12.5. The van der Waals surface area contributed by atoms with E-state index in [-0.39, 0.29) is 0 Å². The van der Waals surface area contributed by atoms with Gasteiger partial charge in [-0.05, 0) is 46.8 Å². The number of aliphatic imine (C=N–C) groups is 1. The topological polar surface area (TPSA) is 12.4 Å². The van der Waals surface area contributed by atoms with E-state index in [1.54, 1.807) is 6.92 Å². The van der Waals surface area contributed by atoms with Crippen LogP contribution in [0.15, 0.2) is 17.1 Å². The highest BCUT2D eigenvalue weighted by atomic mass is 79.9. The molecule has 0 bridgehead atoms. The SMILES string of the molecule is CC1CC1.CCC(Br)=Nc1cc(F)c(F)cc1C. The summed E-state index contributed by atoms with van der Waals surface area (Å²) in [6.45, 7) is 5.89. The Hall–Kier alpha value is -0.770. The number of hydrogen-bond donors (Lipinski definition) is 0.